The minimum Gasteiger partial charge on any atom is -0.496 e. The summed E-state index contributed by atoms with van der Waals surface area (Å²) in [7, 11) is 1.63. The van der Waals surface area contributed by atoms with Crippen LogP contribution in [0.4, 0.5) is 0 Å². The second kappa shape index (κ2) is 4.87. The first kappa shape index (κ1) is 11.5. The third kappa shape index (κ3) is 2.21. The molecular formula is C12H12ClNOS. The van der Waals surface area contributed by atoms with Crippen molar-refractivity contribution in [3.8, 4) is 5.75 Å². The largest absolute Gasteiger partial charge is 0.496 e. The van der Waals surface area contributed by atoms with Gasteiger partial charge in [-0.15, -0.1) is 11.3 Å². The van der Waals surface area contributed by atoms with E-state index in [2.05, 4.69) is 0 Å². The molecule has 0 aliphatic heterocycles. The Bertz CT molecular complexity index is 470. The normalized spacial score (nSPS) is 12.4. The maximum Gasteiger partial charge on any atom is 0.124 e. The van der Waals surface area contributed by atoms with Crippen molar-refractivity contribution in [1.29, 1.82) is 0 Å². The van der Waals surface area contributed by atoms with E-state index >= 15 is 0 Å². The number of methoxy groups -OCH3 is 1. The van der Waals surface area contributed by atoms with Crippen LogP contribution < -0.4 is 10.5 Å². The highest BCUT2D eigenvalue weighted by atomic mass is 35.5. The lowest BCUT2D eigenvalue weighted by molar-refractivity contribution is 0.408. The van der Waals surface area contributed by atoms with E-state index < -0.39 is 0 Å². The molecule has 0 aliphatic carbocycles. The molecule has 0 saturated heterocycles. The van der Waals surface area contributed by atoms with Gasteiger partial charge in [-0.1, -0.05) is 17.7 Å². The van der Waals surface area contributed by atoms with Crippen LogP contribution in [0.15, 0.2) is 35.7 Å². The lowest BCUT2D eigenvalue weighted by Crippen LogP contribution is -2.11. The van der Waals surface area contributed by atoms with Crippen LogP contribution in [0.2, 0.25) is 5.02 Å². The molecule has 2 aromatic rings. The molecule has 0 bridgehead atoms. The molecule has 1 heterocycles. The number of rotatable bonds is 3. The van der Waals surface area contributed by atoms with E-state index in [1.165, 1.54) is 0 Å². The van der Waals surface area contributed by atoms with Crippen LogP contribution in [0, 0.1) is 0 Å². The molecule has 0 unspecified atom stereocenters. The van der Waals surface area contributed by atoms with Crippen molar-refractivity contribution in [3.63, 3.8) is 0 Å². The van der Waals surface area contributed by atoms with Crippen LogP contribution in [0.25, 0.3) is 0 Å². The molecule has 0 radical (unpaired) electrons. The zero-order chi connectivity index (χ0) is 11.5. The lowest BCUT2D eigenvalue weighted by Gasteiger charge is -2.14. The van der Waals surface area contributed by atoms with Crippen molar-refractivity contribution < 1.29 is 4.74 Å². The summed E-state index contributed by atoms with van der Waals surface area (Å²) in [4.78, 5) is 1.10. The van der Waals surface area contributed by atoms with Gasteiger partial charge in [-0.05, 0) is 29.6 Å². The molecule has 84 valence electrons. The van der Waals surface area contributed by atoms with Crippen LogP contribution in [-0.4, -0.2) is 7.11 Å². The van der Waals surface area contributed by atoms with Gasteiger partial charge in [0.2, 0.25) is 0 Å². The number of ether oxygens (including phenoxy) is 1. The first-order valence-electron chi connectivity index (χ1n) is 4.85. The van der Waals surface area contributed by atoms with Gasteiger partial charge in [0.1, 0.15) is 5.75 Å². The average molecular weight is 254 g/mol. The standard InChI is InChI=1S/C12H12ClNOS/c1-15-10-5-4-8(13)7-9(10)12(14)11-3-2-6-16-11/h2-7,12H,14H2,1H3/t12-/m0/s1. The summed E-state index contributed by atoms with van der Waals surface area (Å²) in [6.45, 7) is 0. The molecule has 0 fully saturated rings. The number of nitrogens with two attached hydrogens (primary N) is 1. The summed E-state index contributed by atoms with van der Waals surface area (Å²) in [6.07, 6.45) is 0. The third-order valence-electron chi connectivity index (χ3n) is 2.38. The van der Waals surface area contributed by atoms with Crippen molar-refractivity contribution in [2.24, 2.45) is 5.73 Å². The van der Waals surface area contributed by atoms with Gasteiger partial charge in [-0.25, -0.2) is 0 Å². The molecular weight excluding hydrogens is 242 g/mol. The molecule has 4 heteroatoms. The van der Waals surface area contributed by atoms with Gasteiger partial charge in [-0.3, -0.25) is 0 Å². The SMILES string of the molecule is COc1ccc(Cl)cc1[C@H](N)c1cccs1. The zero-order valence-electron chi connectivity index (χ0n) is 8.81. The van der Waals surface area contributed by atoms with Crippen LogP contribution >= 0.6 is 22.9 Å². The van der Waals surface area contributed by atoms with E-state index in [0.29, 0.717) is 5.02 Å². The van der Waals surface area contributed by atoms with E-state index in [1.807, 2.05) is 29.6 Å². The van der Waals surface area contributed by atoms with Crippen LogP contribution in [-0.2, 0) is 0 Å². The van der Waals surface area contributed by atoms with Gasteiger partial charge in [-0.2, -0.15) is 0 Å². The predicted octanol–water partition coefficient (Wildman–Crippen LogP) is 3.46. The molecule has 1 aromatic carbocycles. The van der Waals surface area contributed by atoms with Gasteiger partial charge >= 0.3 is 0 Å². The minimum absolute atomic E-state index is 0.186. The maximum atomic E-state index is 6.18. The lowest BCUT2D eigenvalue weighted by atomic mass is 10.1. The van der Waals surface area contributed by atoms with Crippen LogP contribution in [0.3, 0.4) is 0 Å². The van der Waals surface area contributed by atoms with Gasteiger partial charge < -0.3 is 10.5 Å². The van der Waals surface area contributed by atoms with Gasteiger partial charge in [0.15, 0.2) is 0 Å². The van der Waals surface area contributed by atoms with E-state index in [0.717, 1.165) is 16.2 Å². The van der Waals surface area contributed by atoms with Crippen molar-refractivity contribution in [2.45, 2.75) is 6.04 Å². The average Bonchev–Trinajstić information content (AvgIpc) is 2.81. The fraction of sp³-hybridized carbons (Fsp3) is 0.167. The number of benzene rings is 1. The number of hydrogen-bond acceptors (Lipinski definition) is 3. The molecule has 2 N–H and O–H groups in total. The van der Waals surface area contributed by atoms with Gasteiger partial charge in [0.05, 0.1) is 13.2 Å². The van der Waals surface area contributed by atoms with Gasteiger partial charge in [0.25, 0.3) is 0 Å². The summed E-state index contributed by atoms with van der Waals surface area (Å²) < 4.78 is 5.29. The second-order valence-electron chi connectivity index (χ2n) is 3.38. The highest BCUT2D eigenvalue weighted by Gasteiger charge is 2.15. The van der Waals surface area contributed by atoms with Crippen LogP contribution in [0.1, 0.15) is 16.5 Å². The Hall–Kier alpha value is -1.03. The molecule has 16 heavy (non-hydrogen) atoms. The van der Waals surface area contributed by atoms with Gasteiger partial charge in [0, 0.05) is 15.5 Å². The molecule has 2 nitrogen and oxygen atoms in total. The first-order chi connectivity index (χ1) is 7.72. The third-order valence-corrected chi connectivity index (χ3v) is 3.57. The Kier molecular flexibility index (Phi) is 3.49. The van der Waals surface area contributed by atoms with E-state index in [9.17, 15) is 0 Å². The summed E-state index contributed by atoms with van der Waals surface area (Å²) >= 11 is 7.60. The Balaban J connectivity index is 2.42. The Morgan fingerprint density at radius 2 is 2.19 bits per heavy atom. The summed E-state index contributed by atoms with van der Waals surface area (Å²) in [5, 5.41) is 2.68. The predicted molar refractivity (Wildman–Crippen MR) is 68.4 cm³/mol. The smallest absolute Gasteiger partial charge is 0.124 e. The second-order valence-corrected chi connectivity index (χ2v) is 4.80. The molecule has 0 spiro atoms. The summed E-state index contributed by atoms with van der Waals surface area (Å²) in [5.41, 5.74) is 7.09. The molecule has 1 aromatic heterocycles. The van der Waals surface area contributed by atoms with E-state index in [4.69, 9.17) is 22.1 Å². The number of thiophene rings is 1. The Morgan fingerprint density at radius 1 is 1.38 bits per heavy atom. The molecule has 1 atom stereocenters. The van der Waals surface area contributed by atoms with E-state index in [-0.39, 0.29) is 6.04 Å². The molecule has 2 rings (SSSR count). The van der Waals surface area contributed by atoms with Crippen molar-refractivity contribution in [1.82, 2.24) is 0 Å². The molecule has 0 amide bonds. The fourth-order valence-electron chi connectivity index (χ4n) is 1.57. The molecule has 0 aliphatic rings. The van der Waals surface area contributed by atoms with Crippen LogP contribution in [0.5, 0.6) is 5.75 Å². The first-order valence-corrected chi connectivity index (χ1v) is 6.10. The van der Waals surface area contributed by atoms with Crippen molar-refractivity contribution >= 4 is 22.9 Å². The van der Waals surface area contributed by atoms with E-state index in [1.54, 1.807) is 24.5 Å². The highest BCUT2D eigenvalue weighted by Crippen LogP contribution is 2.32. The highest BCUT2D eigenvalue weighted by molar-refractivity contribution is 7.10. The Morgan fingerprint density at radius 3 is 2.81 bits per heavy atom. The summed E-state index contributed by atoms with van der Waals surface area (Å²) in [6, 6.07) is 9.29. The monoisotopic (exact) mass is 253 g/mol. The topological polar surface area (TPSA) is 35.2 Å². The number of hydrogen-bond donors (Lipinski definition) is 1. The number of halogens is 1. The zero-order valence-corrected chi connectivity index (χ0v) is 10.4. The van der Waals surface area contributed by atoms with Crippen molar-refractivity contribution in [3.05, 3.63) is 51.2 Å². The quantitative estimate of drug-likeness (QED) is 0.909. The fourth-order valence-corrected chi connectivity index (χ4v) is 2.50. The minimum atomic E-state index is -0.186. The maximum absolute atomic E-state index is 6.18. The molecule has 0 saturated carbocycles. The Labute approximate surface area is 104 Å². The summed E-state index contributed by atoms with van der Waals surface area (Å²) in [5.74, 6) is 0.769. The van der Waals surface area contributed by atoms with Crippen molar-refractivity contribution in [2.75, 3.05) is 7.11 Å².